The van der Waals surface area contributed by atoms with Crippen LogP contribution in [0.3, 0.4) is 0 Å². The predicted molar refractivity (Wildman–Crippen MR) is 82.1 cm³/mol. The van der Waals surface area contributed by atoms with Crippen molar-refractivity contribution >= 4 is 10.9 Å². The summed E-state index contributed by atoms with van der Waals surface area (Å²) in [5.74, 6) is 0. The molecule has 4 nitrogen and oxygen atoms in total. The largest absolute Gasteiger partial charge is 0.246 e. The molecule has 0 amide bonds. The molecule has 0 radical (unpaired) electrons. The maximum absolute atomic E-state index is 4.81. The second-order valence-electron chi connectivity index (χ2n) is 4.75. The van der Waals surface area contributed by atoms with E-state index < -0.39 is 0 Å². The molecule has 100 valence electrons. The molecule has 0 saturated heterocycles. The zero-order chi connectivity index (χ0) is 14.1. The summed E-state index contributed by atoms with van der Waals surface area (Å²) in [5, 5.41) is 5.33. The van der Waals surface area contributed by atoms with Gasteiger partial charge in [0, 0.05) is 10.9 Å². The summed E-state index contributed by atoms with van der Waals surface area (Å²) in [6.07, 6.45) is 3.22. The molecule has 0 saturated carbocycles. The molecule has 0 fully saturated rings. The first-order valence-corrected chi connectivity index (χ1v) is 6.72. The second kappa shape index (κ2) is 4.83. The molecule has 2 heterocycles. The number of hydrogen-bond donors (Lipinski definition) is 0. The molecular weight excluding hydrogens is 260 g/mol. The molecule has 0 N–H and O–H groups in total. The fraction of sp³-hybridized carbons (Fsp3) is 0. The van der Waals surface area contributed by atoms with Crippen molar-refractivity contribution in [3.05, 3.63) is 73.3 Å². The third-order valence-electron chi connectivity index (χ3n) is 3.42. The zero-order valence-electron chi connectivity index (χ0n) is 11.2. The van der Waals surface area contributed by atoms with Crippen LogP contribution in [-0.2, 0) is 0 Å². The summed E-state index contributed by atoms with van der Waals surface area (Å²) in [7, 11) is 0. The number of benzene rings is 2. The van der Waals surface area contributed by atoms with Crippen LogP contribution in [0.25, 0.3) is 27.8 Å². The first kappa shape index (κ1) is 11.8. The third-order valence-corrected chi connectivity index (χ3v) is 3.42. The van der Waals surface area contributed by atoms with Gasteiger partial charge >= 0.3 is 0 Å². The predicted octanol–water partition coefficient (Wildman–Crippen LogP) is 3.48. The molecule has 2 aromatic heterocycles. The number of rotatable bonds is 2. The van der Waals surface area contributed by atoms with E-state index in [1.54, 1.807) is 11.0 Å². The summed E-state index contributed by atoms with van der Waals surface area (Å²) in [6, 6.07) is 20.3. The van der Waals surface area contributed by atoms with E-state index in [4.69, 9.17) is 4.98 Å². The van der Waals surface area contributed by atoms with Gasteiger partial charge in [-0.1, -0.05) is 48.5 Å². The molecule has 0 bridgehead atoms. The summed E-state index contributed by atoms with van der Waals surface area (Å²) in [6.45, 7) is 0. The molecule has 21 heavy (non-hydrogen) atoms. The Kier molecular flexibility index (Phi) is 2.71. The molecule has 0 unspecified atom stereocenters. The lowest BCUT2D eigenvalue weighted by Gasteiger charge is -2.10. The van der Waals surface area contributed by atoms with Gasteiger partial charge in [-0.15, -0.1) is 0 Å². The highest BCUT2D eigenvalue weighted by molar-refractivity contribution is 5.86. The molecule has 4 aromatic rings. The average molecular weight is 272 g/mol. The van der Waals surface area contributed by atoms with Gasteiger partial charge in [-0.2, -0.15) is 5.10 Å². The molecule has 0 spiro atoms. The maximum atomic E-state index is 4.81. The highest BCUT2D eigenvalue weighted by atomic mass is 15.3. The molecule has 0 aliphatic carbocycles. The fourth-order valence-electron chi connectivity index (χ4n) is 2.42. The van der Waals surface area contributed by atoms with Gasteiger partial charge in [-0.3, -0.25) is 0 Å². The molecular formula is C17H12N4. The average Bonchev–Trinajstić information content (AvgIpc) is 3.09. The number of fused-ring (bicyclic) bond motifs is 1. The third kappa shape index (κ3) is 2.07. The van der Waals surface area contributed by atoms with Crippen molar-refractivity contribution in [3.63, 3.8) is 0 Å². The maximum Gasteiger partial charge on any atom is 0.138 e. The second-order valence-corrected chi connectivity index (χ2v) is 4.75. The summed E-state index contributed by atoms with van der Waals surface area (Å²) in [4.78, 5) is 8.85. The van der Waals surface area contributed by atoms with Gasteiger partial charge < -0.3 is 0 Å². The van der Waals surface area contributed by atoms with Crippen molar-refractivity contribution in [3.8, 4) is 16.9 Å². The Bertz CT molecular complexity index is 883. The van der Waals surface area contributed by atoms with Gasteiger partial charge in [0.15, 0.2) is 0 Å². The molecule has 0 atom stereocenters. The van der Waals surface area contributed by atoms with E-state index in [0.29, 0.717) is 0 Å². The Balaban J connectivity index is 2.05. The Hall–Kier alpha value is -3.01. The Morgan fingerprint density at radius 2 is 1.67 bits per heavy atom. The van der Waals surface area contributed by atoms with Crippen LogP contribution in [0.1, 0.15) is 0 Å². The van der Waals surface area contributed by atoms with Crippen molar-refractivity contribution in [2.75, 3.05) is 0 Å². The van der Waals surface area contributed by atoms with Crippen molar-refractivity contribution in [2.45, 2.75) is 0 Å². The van der Waals surface area contributed by atoms with Gasteiger partial charge in [0.1, 0.15) is 12.7 Å². The standard InChI is InChI=1S/C17H12N4/c1-2-6-13(7-3-1)17-16(21-12-18-11-19-21)10-14-8-4-5-9-15(14)20-17/h1-12H. The van der Waals surface area contributed by atoms with E-state index in [1.807, 2.05) is 36.4 Å². The zero-order valence-corrected chi connectivity index (χ0v) is 11.2. The highest BCUT2D eigenvalue weighted by Crippen LogP contribution is 2.27. The van der Waals surface area contributed by atoms with Crippen LogP contribution in [-0.4, -0.2) is 19.7 Å². The summed E-state index contributed by atoms with van der Waals surface area (Å²) >= 11 is 0. The van der Waals surface area contributed by atoms with Crippen molar-refractivity contribution in [1.82, 2.24) is 19.7 Å². The van der Waals surface area contributed by atoms with E-state index in [9.17, 15) is 0 Å². The van der Waals surface area contributed by atoms with E-state index >= 15 is 0 Å². The van der Waals surface area contributed by atoms with Crippen LogP contribution >= 0.6 is 0 Å². The molecule has 4 heteroatoms. The molecule has 0 aliphatic heterocycles. The van der Waals surface area contributed by atoms with Crippen LogP contribution in [0, 0.1) is 0 Å². The molecule has 2 aromatic carbocycles. The lowest BCUT2D eigenvalue weighted by molar-refractivity contribution is 0.877. The quantitative estimate of drug-likeness (QED) is 0.561. The van der Waals surface area contributed by atoms with E-state index in [1.165, 1.54) is 6.33 Å². The first-order chi connectivity index (χ1) is 10.4. The normalized spacial score (nSPS) is 10.9. The summed E-state index contributed by atoms with van der Waals surface area (Å²) in [5.41, 5.74) is 3.87. The highest BCUT2D eigenvalue weighted by Gasteiger charge is 2.11. The number of pyridine rings is 1. The monoisotopic (exact) mass is 272 g/mol. The minimum atomic E-state index is 0.903. The van der Waals surface area contributed by atoms with Gasteiger partial charge in [0.05, 0.1) is 16.9 Å². The van der Waals surface area contributed by atoms with Crippen molar-refractivity contribution in [1.29, 1.82) is 0 Å². The number of nitrogens with zero attached hydrogens (tertiary/aromatic N) is 4. The molecule has 4 rings (SSSR count). The van der Waals surface area contributed by atoms with E-state index in [2.05, 4.69) is 34.3 Å². The Morgan fingerprint density at radius 1 is 0.857 bits per heavy atom. The lowest BCUT2D eigenvalue weighted by Crippen LogP contribution is -2.00. The van der Waals surface area contributed by atoms with Crippen LogP contribution in [0.5, 0.6) is 0 Å². The minimum absolute atomic E-state index is 0.903. The van der Waals surface area contributed by atoms with Gasteiger partial charge in [0.25, 0.3) is 0 Å². The van der Waals surface area contributed by atoms with Crippen LogP contribution in [0.2, 0.25) is 0 Å². The molecule has 0 aliphatic rings. The Labute approximate surface area is 121 Å². The number of aromatic nitrogens is 4. The van der Waals surface area contributed by atoms with Crippen LogP contribution in [0.4, 0.5) is 0 Å². The number of para-hydroxylation sites is 1. The Morgan fingerprint density at radius 3 is 2.48 bits per heavy atom. The van der Waals surface area contributed by atoms with Crippen molar-refractivity contribution < 1.29 is 0 Å². The van der Waals surface area contributed by atoms with E-state index in [-0.39, 0.29) is 0 Å². The topological polar surface area (TPSA) is 43.6 Å². The van der Waals surface area contributed by atoms with Crippen LogP contribution in [0.15, 0.2) is 73.3 Å². The van der Waals surface area contributed by atoms with Crippen molar-refractivity contribution in [2.24, 2.45) is 0 Å². The van der Waals surface area contributed by atoms with Crippen LogP contribution < -0.4 is 0 Å². The van der Waals surface area contributed by atoms with Gasteiger partial charge in [0.2, 0.25) is 0 Å². The smallest absolute Gasteiger partial charge is 0.138 e. The van der Waals surface area contributed by atoms with E-state index in [0.717, 1.165) is 27.8 Å². The first-order valence-electron chi connectivity index (χ1n) is 6.72. The van der Waals surface area contributed by atoms with Gasteiger partial charge in [-0.25, -0.2) is 14.6 Å². The minimum Gasteiger partial charge on any atom is -0.246 e. The fourth-order valence-corrected chi connectivity index (χ4v) is 2.42. The lowest BCUT2D eigenvalue weighted by atomic mass is 10.1. The SMILES string of the molecule is c1ccc(-c2nc3ccccc3cc2-n2cncn2)cc1. The van der Waals surface area contributed by atoms with Gasteiger partial charge in [-0.05, 0) is 12.1 Å². The number of hydrogen-bond acceptors (Lipinski definition) is 3. The summed E-state index contributed by atoms with van der Waals surface area (Å²) < 4.78 is 1.75.